The molecule has 0 amide bonds. The minimum atomic E-state index is 0.539. The number of imidazole rings is 1. The molecule has 0 unspecified atom stereocenters. The van der Waals surface area contributed by atoms with E-state index in [9.17, 15) is 0 Å². The molecule has 1 saturated heterocycles. The fourth-order valence-electron chi connectivity index (χ4n) is 4.30. The monoisotopic (exact) mass is 402 g/mol. The number of piperidine rings is 1. The summed E-state index contributed by atoms with van der Waals surface area (Å²) in [6.45, 7) is 8.85. The van der Waals surface area contributed by atoms with Gasteiger partial charge in [0.05, 0.1) is 22.9 Å². The fraction of sp³-hybridized carbons (Fsp3) is 0.591. The maximum absolute atomic E-state index is 6.40. The number of nitrogens with zero attached hydrogens (tertiary/aromatic N) is 2. The van der Waals surface area contributed by atoms with Crippen LogP contribution in [0, 0.1) is 5.92 Å². The van der Waals surface area contributed by atoms with E-state index in [4.69, 9.17) is 22.1 Å². The summed E-state index contributed by atoms with van der Waals surface area (Å²) in [5.74, 6) is 2.99. The molecule has 152 valence electrons. The lowest BCUT2D eigenvalue weighted by molar-refractivity contribution is 0.201. The molecule has 0 radical (unpaired) electrons. The third-order valence-corrected chi connectivity index (χ3v) is 6.40. The van der Waals surface area contributed by atoms with Crippen LogP contribution in [-0.2, 0) is 6.42 Å². The predicted molar refractivity (Wildman–Crippen MR) is 115 cm³/mol. The van der Waals surface area contributed by atoms with Crippen molar-refractivity contribution in [1.29, 1.82) is 0 Å². The second-order valence-electron chi connectivity index (χ2n) is 8.56. The number of benzene rings is 1. The number of anilines is 1. The van der Waals surface area contributed by atoms with Crippen LogP contribution < -0.4 is 10.5 Å². The summed E-state index contributed by atoms with van der Waals surface area (Å²) >= 11 is 6.40. The Labute approximate surface area is 172 Å². The molecule has 1 fully saturated rings. The van der Waals surface area contributed by atoms with Gasteiger partial charge in [-0.2, -0.15) is 0 Å². The maximum atomic E-state index is 6.40. The normalized spacial score (nSPS) is 18.3. The lowest BCUT2D eigenvalue weighted by Gasteiger charge is -2.31. The van der Waals surface area contributed by atoms with E-state index in [2.05, 4.69) is 28.7 Å². The molecule has 0 atom stereocenters. The van der Waals surface area contributed by atoms with Crippen molar-refractivity contribution in [3.05, 3.63) is 28.5 Å². The van der Waals surface area contributed by atoms with Gasteiger partial charge in [-0.15, -0.1) is 0 Å². The molecule has 0 saturated carbocycles. The van der Waals surface area contributed by atoms with Crippen LogP contribution in [0.3, 0.4) is 0 Å². The zero-order valence-electron chi connectivity index (χ0n) is 16.9. The van der Waals surface area contributed by atoms with Gasteiger partial charge in [0.15, 0.2) is 0 Å². The molecule has 0 bridgehead atoms. The zero-order chi connectivity index (χ0) is 19.7. The van der Waals surface area contributed by atoms with Gasteiger partial charge in [0.1, 0.15) is 11.6 Å². The first-order valence-electron chi connectivity index (χ1n) is 10.5. The van der Waals surface area contributed by atoms with Crippen molar-refractivity contribution >= 4 is 17.3 Å². The Kier molecular flexibility index (Phi) is 5.83. The average Bonchev–Trinajstić information content (AvgIpc) is 3.19. The van der Waals surface area contributed by atoms with E-state index in [1.54, 1.807) is 0 Å². The summed E-state index contributed by atoms with van der Waals surface area (Å²) in [6, 6.07) is 1.89. The van der Waals surface area contributed by atoms with Crippen molar-refractivity contribution in [2.75, 3.05) is 32.0 Å². The summed E-state index contributed by atoms with van der Waals surface area (Å²) in [4.78, 5) is 10.8. The van der Waals surface area contributed by atoms with Gasteiger partial charge >= 0.3 is 0 Å². The SMILES string of the molecule is CC(C)CCN1CCC(c2cnc(-c3cc(Cl)c(N)c4c3OCCC4)[nH]2)CC1. The van der Waals surface area contributed by atoms with Gasteiger partial charge < -0.3 is 20.4 Å². The number of likely N-dealkylation sites (tertiary alicyclic amines) is 1. The Morgan fingerprint density at radius 1 is 1.36 bits per heavy atom. The molecule has 3 heterocycles. The molecular weight excluding hydrogens is 372 g/mol. The highest BCUT2D eigenvalue weighted by Gasteiger charge is 2.25. The molecule has 6 heteroatoms. The van der Waals surface area contributed by atoms with E-state index in [0.717, 1.165) is 54.5 Å². The first kappa shape index (κ1) is 19.6. The number of fused-ring (bicyclic) bond motifs is 1. The Hall–Kier alpha value is -1.72. The van der Waals surface area contributed by atoms with Crippen molar-refractivity contribution in [3.63, 3.8) is 0 Å². The number of nitrogens with two attached hydrogens (primary N) is 1. The molecule has 2 aliphatic heterocycles. The number of nitrogens with one attached hydrogen (secondary N) is 1. The smallest absolute Gasteiger partial charge is 0.141 e. The average molecular weight is 403 g/mol. The Morgan fingerprint density at radius 3 is 2.89 bits per heavy atom. The van der Waals surface area contributed by atoms with E-state index >= 15 is 0 Å². The molecular formula is C22H31ClN4O. The molecule has 5 nitrogen and oxygen atoms in total. The number of hydrogen-bond donors (Lipinski definition) is 2. The van der Waals surface area contributed by atoms with Crippen LogP contribution in [-0.4, -0.2) is 41.1 Å². The first-order chi connectivity index (χ1) is 13.5. The van der Waals surface area contributed by atoms with Crippen LogP contribution in [0.4, 0.5) is 5.69 Å². The predicted octanol–water partition coefficient (Wildman–Crippen LogP) is 4.86. The van der Waals surface area contributed by atoms with E-state index in [-0.39, 0.29) is 0 Å². The molecule has 0 spiro atoms. The molecule has 3 N–H and O–H groups in total. The topological polar surface area (TPSA) is 67.2 Å². The van der Waals surface area contributed by atoms with Gasteiger partial charge in [0.2, 0.25) is 0 Å². The van der Waals surface area contributed by atoms with E-state index in [1.165, 1.54) is 31.5 Å². The molecule has 4 rings (SSSR count). The Bertz CT molecular complexity index is 824. The second-order valence-corrected chi connectivity index (χ2v) is 8.97. The second kappa shape index (κ2) is 8.34. The number of nitrogen functional groups attached to an aromatic ring is 1. The van der Waals surface area contributed by atoms with Gasteiger partial charge in [-0.25, -0.2) is 4.98 Å². The summed E-state index contributed by atoms with van der Waals surface area (Å²) < 4.78 is 5.95. The van der Waals surface area contributed by atoms with E-state index in [0.29, 0.717) is 23.2 Å². The van der Waals surface area contributed by atoms with Crippen molar-refractivity contribution in [1.82, 2.24) is 14.9 Å². The van der Waals surface area contributed by atoms with Crippen LogP contribution in [0.5, 0.6) is 5.75 Å². The number of aromatic nitrogens is 2. The standard InChI is InChI=1S/C22H31ClN4O/c1-14(2)5-8-27-9-6-15(7-10-27)19-13-25-22(26-19)17-12-18(23)20(24)16-4-3-11-28-21(16)17/h12-15H,3-11,24H2,1-2H3,(H,25,26). The van der Waals surface area contributed by atoms with E-state index < -0.39 is 0 Å². The van der Waals surface area contributed by atoms with Gasteiger partial charge in [-0.1, -0.05) is 25.4 Å². The zero-order valence-corrected chi connectivity index (χ0v) is 17.7. The van der Waals surface area contributed by atoms with Crippen LogP contribution in [0.2, 0.25) is 5.02 Å². The minimum Gasteiger partial charge on any atom is -0.492 e. The molecule has 2 aromatic rings. The molecule has 1 aromatic heterocycles. The van der Waals surface area contributed by atoms with E-state index in [1.807, 2.05) is 12.3 Å². The molecule has 28 heavy (non-hydrogen) atoms. The summed E-state index contributed by atoms with van der Waals surface area (Å²) in [7, 11) is 0. The van der Waals surface area contributed by atoms with Crippen LogP contribution >= 0.6 is 11.6 Å². The highest BCUT2D eigenvalue weighted by atomic mass is 35.5. The van der Waals surface area contributed by atoms with Gasteiger partial charge in [-0.05, 0) is 63.7 Å². The van der Waals surface area contributed by atoms with Gasteiger partial charge in [0, 0.05) is 23.4 Å². The Balaban J connectivity index is 1.49. The number of hydrogen-bond acceptors (Lipinski definition) is 4. The van der Waals surface area contributed by atoms with Gasteiger partial charge in [-0.3, -0.25) is 0 Å². The number of aromatic amines is 1. The fourth-order valence-corrected chi connectivity index (χ4v) is 4.52. The van der Waals surface area contributed by atoms with Crippen LogP contribution in [0.25, 0.3) is 11.4 Å². The Morgan fingerprint density at radius 2 is 2.14 bits per heavy atom. The van der Waals surface area contributed by atoms with Crippen molar-refractivity contribution in [3.8, 4) is 17.1 Å². The van der Waals surface area contributed by atoms with Crippen LogP contribution in [0.1, 0.15) is 56.7 Å². The molecule has 1 aromatic carbocycles. The van der Waals surface area contributed by atoms with Crippen LogP contribution in [0.15, 0.2) is 12.3 Å². The number of halogens is 1. The van der Waals surface area contributed by atoms with Crippen molar-refractivity contribution in [2.45, 2.75) is 51.9 Å². The maximum Gasteiger partial charge on any atom is 0.141 e. The summed E-state index contributed by atoms with van der Waals surface area (Å²) in [5, 5.41) is 0.579. The highest BCUT2D eigenvalue weighted by Crippen LogP contribution is 2.42. The largest absolute Gasteiger partial charge is 0.492 e. The highest BCUT2D eigenvalue weighted by molar-refractivity contribution is 6.33. The number of ether oxygens (including phenoxy) is 1. The molecule has 2 aliphatic rings. The number of rotatable bonds is 5. The lowest BCUT2D eigenvalue weighted by atomic mass is 9.93. The quantitative estimate of drug-likeness (QED) is 0.700. The van der Waals surface area contributed by atoms with Gasteiger partial charge in [0.25, 0.3) is 0 Å². The minimum absolute atomic E-state index is 0.539. The third-order valence-electron chi connectivity index (χ3n) is 6.09. The summed E-state index contributed by atoms with van der Waals surface area (Å²) in [6.07, 6.45) is 7.49. The summed E-state index contributed by atoms with van der Waals surface area (Å²) in [5.41, 5.74) is 9.98. The van der Waals surface area contributed by atoms with Crippen molar-refractivity contribution in [2.24, 2.45) is 5.92 Å². The molecule has 0 aliphatic carbocycles. The third kappa shape index (κ3) is 4.01. The van der Waals surface area contributed by atoms with Crippen molar-refractivity contribution < 1.29 is 4.74 Å². The first-order valence-corrected chi connectivity index (χ1v) is 10.9. The number of H-pyrrole nitrogens is 1. The lowest BCUT2D eigenvalue weighted by Crippen LogP contribution is -2.34.